The standard InChI is InChI=1S/C38H46F2N8O3/c1-5-47-18-14-27(15-19-47)42-37(49)33-22-25(13-17-41-33)34-24(2)36(48(45-34)28-9-7-6-8-10-28)44-38(50)43-32-23-29(16-20-51-4)46(3)35(32)26-11-12-30(39)31(40)21-26/h6-13,17,21-22,27,29,32,35H,5,14-16,18-20,23H2,1-4H3,(H,42,49)(H2,43,44,50)/t29-,32?,35+/m1/s1. The van der Waals surface area contributed by atoms with Gasteiger partial charge in [0, 0.05) is 56.2 Å². The molecule has 0 spiro atoms. The maximum atomic E-state index is 14.4. The largest absolute Gasteiger partial charge is 0.385 e. The molecule has 13 heteroatoms. The highest BCUT2D eigenvalue weighted by Crippen LogP contribution is 2.37. The summed E-state index contributed by atoms with van der Waals surface area (Å²) in [5.41, 5.74) is 3.55. The lowest BCUT2D eigenvalue weighted by Gasteiger charge is -2.31. The number of anilines is 1. The molecule has 0 radical (unpaired) electrons. The highest BCUT2D eigenvalue weighted by Gasteiger charge is 2.41. The Morgan fingerprint density at radius 1 is 1.00 bits per heavy atom. The zero-order chi connectivity index (χ0) is 36.1. The molecule has 0 aliphatic carbocycles. The Hall–Kier alpha value is -4.72. The van der Waals surface area contributed by atoms with E-state index in [0.29, 0.717) is 53.3 Å². The number of urea groups is 1. The van der Waals surface area contributed by atoms with Gasteiger partial charge in [0.15, 0.2) is 11.6 Å². The molecule has 2 aromatic carbocycles. The number of halogens is 2. The summed E-state index contributed by atoms with van der Waals surface area (Å²) in [7, 11) is 3.56. The van der Waals surface area contributed by atoms with Crippen molar-refractivity contribution in [1.29, 1.82) is 0 Å². The normalized spacial score (nSPS) is 20.0. The third kappa shape index (κ3) is 8.11. The van der Waals surface area contributed by atoms with Crippen LogP contribution in [0.15, 0.2) is 66.9 Å². The maximum Gasteiger partial charge on any atom is 0.320 e. The number of benzene rings is 2. The van der Waals surface area contributed by atoms with E-state index >= 15 is 0 Å². The fraction of sp³-hybridized carbons (Fsp3) is 0.421. The van der Waals surface area contributed by atoms with Crippen LogP contribution in [-0.2, 0) is 4.74 Å². The van der Waals surface area contributed by atoms with Crippen LogP contribution in [0.5, 0.6) is 0 Å². The van der Waals surface area contributed by atoms with E-state index in [1.807, 2.05) is 44.3 Å². The Labute approximate surface area is 297 Å². The number of nitrogens with zero attached hydrogens (tertiary/aromatic N) is 5. The lowest BCUT2D eigenvalue weighted by molar-refractivity contribution is 0.0907. The first-order valence-electron chi connectivity index (χ1n) is 17.5. The Bertz CT molecular complexity index is 1830. The molecule has 2 aliphatic rings. The van der Waals surface area contributed by atoms with Gasteiger partial charge in [0.1, 0.15) is 11.5 Å². The molecule has 1 unspecified atom stereocenters. The highest BCUT2D eigenvalue weighted by molar-refractivity contribution is 5.94. The Morgan fingerprint density at radius 2 is 1.76 bits per heavy atom. The summed E-state index contributed by atoms with van der Waals surface area (Å²) in [5, 5.41) is 14.2. The number of likely N-dealkylation sites (N-methyl/N-ethyl adjacent to an activating group) is 1. The number of rotatable bonds is 11. The van der Waals surface area contributed by atoms with E-state index in [0.717, 1.165) is 44.2 Å². The molecule has 3 atom stereocenters. The van der Waals surface area contributed by atoms with Crippen LogP contribution in [0, 0.1) is 18.6 Å². The van der Waals surface area contributed by atoms with Crippen molar-refractivity contribution in [3.63, 3.8) is 0 Å². The van der Waals surface area contributed by atoms with Gasteiger partial charge in [0.25, 0.3) is 5.91 Å². The van der Waals surface area contributed by atoms with Crippen LogP contribution in [0.25, 0.3) is 16.9 Å². The van der Waals surface area contributed by atoms with Gasteiger partial charge in [-0.3, -0.25) is 20.0 Å². The third-order valence-electron chi connectivity index (χ3n) is 10.2. The molecule has 4 heterocycles. The average molecular weight is 701 g/mol. The van der Waals surface area contributed by atoms with Crippen molar-refractivity contribution in [2.24, 2.45) is 0 Å². The molecule has 11 nitrogen and oxygen atoms in total. The number of carbonyl (C=O) groups is 2. The molecule has 2 aliphatic heterocycles. The molecule has 3 N–H and O–H groups in total. The molecule has 0 bridgehead atoms. The van der Waals surface area contributed by atoms with Crippen LogP contribution in [0.3, 0.4) is 0 Å². The number of amides is 3. The Morgan fingerprint density at radius 3 is 2.47 bits per heavy atom. The lowest BCUT2D eigenvalue weighted by atomic mass is 9.99. The van der Waals surface area contributed by atoms with E-state index in [1.54, 1.807) is 36.2 Å². The van der Waals surface area contributed by atoms with Crippen molar-refractivity contribution in [1.82, 2.24) is 35.2 Å². The number of para-hydroxylation sites is 1. The van der Waals surface area contributed by atoms with Gasteiger partial charge in [0.05, 0.1) is 23.5 Å². The Balaban J connectivity index is 1.25. The monoisotopic (exact) mass is 700 g/mol. The average Bonchev–Trinajstić information content (AvgIpc) is 3.63. The van der Waals surface area contributed by atoms with Crippen molar-refractivity contribution >= 4 is 17.8 Å². The van der Waals surface area contributed by atoms with Crippen molar-refractivity contribution in [3.05, 3.63) is 95.3 Å². The summed E-state index contributed by atoms with van der Waals surface area (Å²) in [5.74, 6) is -1.64. The molecule has 6 rings (SSSR count). The zero-order valence-electron chi connectivity index (χ0n) is 29.5. The maximum absolute atomic E-state index is 14.4. The summed E-state index contributed by atoms with van der Waals surface area (Å²) in [6, 6.07) is 15.7. The van der Waals surface area contributed by atoms with Gasteiger partial charge in [-0.05, 0) is 88.2 Å². The van der Waals surface area contributed by atoms with Gasteiger partial charge in [-0.1, -0.05) is 31.2 Å². The summed E-state index contributed by atoms with van der Waals surface area (Å²) in [6.45, 7) is 7.44. The van der Waals surface area contributed by atoms with Crippen molar-refractivity contribution in [3.8, 4) is 16.9 Å². The minimum absolute atomic E-state index is 0.0405. The van der Waals surface area contributed by atoms with E-state index in [9.17, 15) is 18.4 Å². The predicted octanol–water partition coefficient (Wildman–Crippen LogP) is 5.71. The quantitative estimate of drug-likeness (QED) is 0.184. The number of aromatic nitrogens is 3. The second-order valence-corrected chi connectivity index (χ2v) is 13.3. The number of hydrogen-bond acceptors (Lipinski definition) is 7. The lowest BCUT2D eigenvalue weighted by Crippen LogP contribution is -2.44. The van der Waals surface area contributed by atoms with Crippen LogP contribution in [0.4, 0.5) is 19.4 Å². The SMILES string of the molecule is CCN1CCC(NC(=O)c2cc(-c3nn(-c4ccccc4)c(NC(=O)NC4C[C@@H](CCOC)N(C)[C@H]4c4ccc(F)c(F)c4)c3C)ccn2)CC1. The third-order valence-corrected chi connectivity index (χ3v) is 10.2. The minimum atomic E-state index is -0.937. The molecular formula is C38H46F2N8O3. The van der Waals surface area contributed by atoms with Gasteiger partial charge in [0.2, 0.25) is 0 Å². The van der Waals surface area contributed by atoms with Gasteiger partial charge < -0.3 is 20.3 Å². The summed E-state index contributed by atoms with van der Waals surface area (Å²) in [4.78, 5) is 35.9. The minimum Gasteiger partial charge on any atom is -0.385 e. The van der Waals surface area contributed by atoms with Crippen LogP contribution in [-0.4, -0.2) is 95.0 Å². The number of hydrogen-bond donors (Lipinski definition) is 3. The molecule has 270 valence electrons. The van der Waals surface area contributed by atoms with E-state index in [1.165, 1.54) is 6.07 Å². The number of pyridine rings is 1. The summed E-state index contributed by atoms with van der Waals surface area (Å²) < 4.78 is 35.2. The van der Waals surface area contributed by atoms with Crippen LogP contribution in [0.1, 0.15) is 60.3 Å². The zero-order valence-corrected chi connectivity index (χ0v) is 29.5. The van der Waals surface area contributed by atoms with E-state index < -0.39 is 29.7 Å². The molecule has 3 amide bonds. The van der Waals surface area contributed by atoms with Crippen molar-refractivity contribution < 1.29 is 23.1 Å². The van der Waals surface area contributed by atoms with Crippen LogP contribution >= 0.6 is 0 Å². The summed E-state index contributed by atoms with van der Waals surface area (Å²) >= 11 is 0. The second-order valence-electron chi connectivity index (χ2n) is 13.3. The number of carbonyl (C=O) groups excluding carboxylic acids is 2. The number of nitrogens with one attached hydrogen (secondary N) is 3. The number of methoxy groups -OCH3 is 1. The van der Waals surface area contributed by atoms with Gasteiger partial charge in [-0.25, -0.2) is 18.3 Å². The highest BCUT2D eigenvalue weighted by atomic mass is 19.2. The number of likely N-dealkylation sites (tertiary alicyclic amines) is 2. The fourth-order valence-electron chi connectivity index (χ4n) is 7.32. The number of piperidine rings is 1. The van der Waals surface area contributed by atoms with Crippen LogP contribution < -0.4 is 16.0 Å². The predicted molar refractivity (Wildman–Crippen MR) is 192 cm³/mol. The summed E-state index contributed by atoms with van der Waals surface area (Å²) in [6.07, 6.45) is 4.67. The van der Waals surface area contributed by atoms with Crippen molar-refractivity contribution in [2.75, 3.05) is 45.7 Å². The van der Waals surface area contributed by atoms with E-state index in [4.69, 9.17) is 9.84 Å². The molecule has 51 heavy (non-hydrogen) atoms. The molecular weight excluding hydrogens is 654 g/mol. The van der Waals surface area contributed by atoms with E-state index in [-0.39, 0.29) is 18.0 Å². The smallest absolute Gasteiger partial charge is 0.320 e. The first-order valence-corrected chi connectivity index (χ1v) is 17.5. The first kappa shape index (κ1) is 36.1. The molecule has 4 aromatic rings. The molecule has 2 fully saturated rings. The van der Waals surface area contributed by atoms with Gasteiger partial charge in [-0.15, -0.1) is 0 Å². The van der Waals surface area contributed by atoms with Gasteiger partial charge >= 0.3 is 6.03 Å². The number of ether oxygens (including phenoxy) is 1. The topological polar surface area (TPSA) is 117 Å². The van der Waals surface area contributed by atoms with Crippen LogP contribution in [0.2, 0.25) is 0 Å². The molecule has 2 saturated heterocycles. The van der Waals surface area contributed by atoms with Crippen molar-refractivity contribution in [2.45, 2.75) is 63.7 Å². The Kier molecular flexibility index (Phi) is 11.4. The van der Waals surface area contributed by atoms with Gasteiger partial charge in [-0.2, -0.15) is 5.10 Å². The van der Waals surface area contributed by atoms with E-state index in [2.05, 4.69) is 37.7 Å². The molecule has 2 aromatic heterocycles. The second kappa shape index (κ2) is 16.1. The fourth-order valence-corrected chi connectivity index (χ4v) is 7.32. The first-order chi connectivity index (χ1) is 24.7. The molecule has 0 saturated carbocycles.